The summed E-state index contributed by atoms with van der Waals surface area (Å²) in [5.74, 6) is -2.62. The third-order valence-corrected chi connectivity index (χ3v) is 5.10. The number of nitrogens with zero attached hydrogens (tertiary/aromatic N) is 1. The molecule has 1 unspecified atom stereocenters. The van der Waals surface area contributed by atoms with Gasteiger partial charge < -0.3 is 20.1 Å². The normalized spacial score (nSPS) is 16.9. The van der Waals surface area contributed by atoms with Crippen molar-refractivity contribution >= 4 is 29.1 Å². The van der Waals surface area contributed by atoms with Gasteiger partial charge in [0.15, 0.2) is 6.10 Å². The van der Waals surface area contributed by atoms with E-state index < -0.39 is 23.9 Å². The minimum atomic E-state index is -1.14. The predicted molar refractivity (Wildman–Crippen MR) is 95.6 cm³/mol. The van der Waals surface area contributed by atoms with Crippen LogP contribution in [0.25, 0.3) is 10.4 Å². The number of carboxylic acids is 1. The van der Waals surface area contributed by atoms with Crippen molar-refractivity contribution in [2.75, 3.05) is 19.7 Å². The molecule has 1 atom stereocenters. The van der Waals surface area contributed by atoms with E-state index in [2.05, 4.69) is 5.32 Å². The van der Waals surface area contributed by atoms with E-state index in [1.165, 1.54) is 4.90 Å². The van der Waals surface area contributed by atoms with Crippen molar-refractivity contribution < 1.29 is 24.2 Å². The molecule has 1 saturated heterocycles. The van der Waals surface area contributed by atoms with Crippen molar-refractivity contribution in [2.45, 2.75) is 12.6 Å². The lowest BCUT2D eigenvalue weighted by Crippen LogP contribution is -2.52. The summed E-state index contributed by atoms with van der Waals surface area (Å²) in [6.07, 6.45) is -1.09. The first-order valence-corrected chi connectivity index (χ1v) is 8.92. The van der Waals surface area contributed by atoms with Crippen molar-refractivity contribution in [1.29, 1.82) is 0 Å². The number of amides is 2. The summed E-state index contributed by atoms with van der Waals surface area (Å²) in [7, 11) is 0. The summed E-state index contributed by atoms with van der Waals surface area (Å²) in [5.41, 5.74) is 1.10. The number of hydrogen-bond acceptors (Lipinski definition) is 5. The number of carbonyl (C=O) groups is 3. The maximum absolute atomic E-state index is 12.2. The second kappa shape index (κ2) is 8.11. The van der Waals surface area contributed by atoms with Gasteiger partial charge in [-0.05, 0) is 17.7 Å². The monoisotopic (exact) mass is 374 g/mol. The molecular weight excluding hydrogens is 356 g/mol. The van der Waals surface area contributed by atoms with E-state index >= 15 is 0 Å². The molecular formula is C18H18N2O5S. The first kappa shape index (κ1) is 18.1. The first-order chi connectivity index (χ1) is 12.5. The van der Waals surface area contributed by atoms with Crippen molar-refractivity contribution in [3.63, 3.8) is 0 Å². The van der Waals surface area contributed by atoms with Crippen molar-refractivity contribution in [2.24, 2.45) is 0 Å². The number of carbonyl (C=O) groups excluding carboxylic acids is 2. The van der Waals surface area contributed by atoms with Gasteiger partial charge >= 0.3 is 17.8 Å². The molecule has 0 aliphatic carbocycles. The Hall–Kier alpha value is -2.71. The van der Waals surface area contributed by atoms with E-state index in [1.54, 1.807) is 11.3 Å². The van der Waals surface area contributed by atoms with Crippen LogP contribution in [0.3, 0.4) is 0 Å². The first-order valence-electron chi connectivity index (χ1n) is 8.10. The molecule has 1 aromatic heterocycles. The highest BCUT2D eigenvalue weighted by molar-refractivity contribution is 7.15. The van der Waals surface area contributed by atoms with Crippen LogP contribution in [0.5, 0.6) is 0 Å². The van der Waals surface area contributed by atoms with Gasteiger partial charge in [0.1, 0.15) is 0 Å². The van der Waals surface area contributed by atoms with Gasteiger partial charge in [-0.15, -0.1) is 11.3 Å². The number of ether oxygens (including phenoxy) is 1. The summed E-state index contributed by atoms with van der Waals surface area (Å²) in [6, 6.07) is 13.8. The number of morpholine rings is 1. The number of carboxylic acid groups (broad SMARTS) is 1. The molecule has 7 nitrogen and oxygen atoms in total. The van der Waals surface area contributed by atoms with Crippen molar-refractivity contribution in [3.8, 4) is 10.4 Å². The molecule has 8 heteroatoms. The summed E-state index contributed by atoms with van der Waals surface area (Å²) in [5, 5.41) is 11.6. The third kappa shape index (κ3) is 4.27. The molecule has 136 valence electrons. The van der Waals surface area contributed by atoms with Crippen LogP contribution >= 0.6 is 11.3 Å². The fraction of sp³-hybridized carbons (Fsp3) is 0.278. The highest BCUT2D eigenvalue weighted by Crippen LogP contribution is 2.27. The lowest BCUT2D eigenvalue weighted by molar-refractivity contribution is -0.162. The Balaban J connectivity index is 1.55. The molecule has 3 rings (SSSR count). The fourth-order valence-corrected chi connectivity index (χ4v) is 3.55. The number of benzene rings is 1. The maximum atomic E-state index is 12.2. The van der Waals surface area contributed by atoms with E-state index in [1.807, 2.05) is 42.5 Å². The molecule has 0 spiro atoms. The molecule has 1 aliphatic rings. The van der Waals surface area contributed by atoms with Gasteiger partial charge in [0, 0.05) is 16.3 Å². The quantitative estimate of drug-likeness (QED) is 0.788. The Labute approximate surface area is 154 Å². The molecule has 2 amide bonds. The van der Waals surface area contributed by atoms with Gasteiger partial charge in [-0.25, -0.2) is 4.79 Å². The van der Waals surface area contributed by atoms with Crippen molar-refractivity contribution in [3.05, 3.63) is 47.3 Å². The molecule has 2 N–H and O–H groups in total. The van der Waals surface area contributed by atoms with Crippen LogP contribution in [0.1, 0.15) is 4.88 Å². The van der Waals surface area contributed by atoms with Crippen molar-refractivity contribution in [1.82, 2.24) is 10.2 Å². The topological polar surface area (TPSA) is 95.9 Å². The molecule has 0 saturated carbocycles. The second-order valence-corrected chi connectivity index (χ2v) is 6.93. The fourth-order valence-electron chi connectivity index (χ4n) is 2.60. The van der Waals surface area contributed by atoms with E-state index in [-0.39, 0.29) is 26.2 Å². The van der Waals surface area contributed by atoms with Gasteiger partial charge in [-0.3, -0.25) is 9.59 Å². The maximum Gasteiger partial charge on any atom is 0.334 e. The Morgan fingerprint density at radius 2 is 1.96 bits per heavy atom. The van der Waals surface area contributed by atoms with E-state index in [0.717, 1.165) is 15.3 Å². The molecule has 26 heavy (non-hydrogen) atoms. The highest BCUT2D eigenvalue weighted by Gasteiger charge is 2.31. The van der Waals surface area contributed by atoms with Gasteiger partial charge in [-0.1, -0.05) is 30.3 Å². The number of rotatable bonds is 4. The molecule has 1 aromatic carbocycles. The standard InChI is InChI=1S/C18H18N2O5S/c21-16(17(22)20-8-9-25-14(11-20)18(23)24)19-10-13-6-7-15(26-13)12-4-2-1-3-5-12/h1-7,14H,8-11H2,(H,19,21)(H,23,24). The largest absolute Gasteiger partial charge is 0.479 e. The molecule has 2 aromatic rings. The van der Waals surface area contributed by atoms with Gasteiger partial charge in [0.2, 0.25) is 0 Å². The summed E-state index contributed by atoms with van der Waals surface area (Å²) < 4.78 is 5.05. The number of nitrogens with one attached hydrogen (secondary N) is 1. The molecule has 0 bridgehead atoms. The smallest absolute Gasteiger partial charge is 0.334 e. The van der Waals surface area contributed by atoms with Crippen LogP contribution in [0.2, 0.25) is 0 Å². The van der Waals surface area contributed by atoms with Crippen LogP contribution in [0, 0.1) is 0 Å². The van der Waals surface area contributed by atoms with Crippen LogP contribution in [-0.4, -0.2) is 53.6 Å². The zero-order valence-electron chi connectivity index (χ0n) is 13.9. The molecule has 0 radical (unpaired) electrons. The summed E-state index contributed by atoms with van der Waals surface area (Å²) in [4.78, 5) is 38.4. The van der Waals surface area contributed by atoms with Crippen LogP contribution in [-0.2, 0) is 25.7 Å². The minimum Gasteiger partial charge on any atom is -0.479 e. The second-order valence-electron chi connectivity index (χ2n) is 5.76. The van der Waals surface area contributed by atoms with E-state index in [0.29, 0.717) is 0 Å². The Kier molecular flexibility index (Phi) is 5.65. The van der Waals surface area contributed by atoms with Gasteiger partial charge in [0.25, 0.3) is 0 Å². The Morgan fingerprint density at radius 3 is 2.69 bits per heavy atom. The lowest BCUT2D eigenvalue weighted by Gasteiger charge is -2.30. The third-order valence-electron chi connectivity index (χ3n) is 3.97. The van der Waals surface area contributed by atoms with Gasteiger partial charge in [-0.2, -0.15) is 0 Å². The Morgan fingerprint density at radius 1 is 1.19 bits per heavy atom. The van der Waals surface area contributed by atoms with Gasteiger partial charge in [0.05, 0.1) is 19.7 Å². The summed E-state index contributed by atoms with van der Waals surface area (Å²) >= 11 is 1.54. The predicted octanol–water partition coefficient (Wildman–Crippen LogP) is 1.34. The van der Waals surface area contributed by atoms with E-state index in [4.69, 9.17) is 9.84 Å². The molecule has 1 aliphatic heterocycles. The zero-order valence-corrected chi connectivity index (χ0v) is 14.7. The summed E-state index contributed by atoms with van der Waals surface area (Å²) in [6.45, 7) is 0.419. The zero-order chi connectivity index (χ0) is 18.5. The van der Waals surface area contributed by atoms with Crippen LogP contribution < -0.4 is 5.32 Å². The van der Waals surface area contributed by atoms with Crippen LogP contribution in [0.15, 0.2) is 42.5 Å². The van der Waals surface area contributed by atoms with Crippen LogP contribution in [0.4, 0.5) is 0 Å². The SMILES string of the molecule is O=C(NCc1ccc(-c2ccccc2)s1)C(=O)N1CCOC(C(=O)O)C1. The number of aliphatic carboxylic acids is 1. The van der Waals surface area contributed by atoms with E-state index in [9.17, 15) is 14.4 Å². The minimum absolute atomic E-state index is 0.0986. The average molecular weight is 374 g/mol. The Bertz CT molecular complexity index is 805. The average Bonchev–Trinajstić information content (AvgIpc) is 3.15. The lowest BCUT2D eigenvalue weighted by atomic mass is 10.2. The molecule has 1 fully saturated rings. The molecule has 2 heterocycles. The number of thiophene rings is 1. The number of hydrogen-bond donors (Lipinski definition) is 2. The highest BCUT2D eigenvalue weighted by atomic mass is 32.1.